The third-order valence-electron chi connectivity index (χ3n) is 4.81. The number of piperazine rings is 1. The van der Waals surface area contributed by atoms with Crippen LogP contribution in [-0.2, 0) is 4.74 Å². The molecule has 0 saturated carbocycles. The molecule has 0 aromatic carbocycles. The van der Waals surface area contributed by atoms with Crippen molar-refractivity contribution in [1.29, 1.82) is 0 Å². The van der Waals surface area contributed by atoms with Gasteiger partial charge in [-0.05, 0) is 26.0 Å². The normalized spacial score (nSPS) is 14.5. The van der Waals surface area contributed by atoms with Gasteiger partial charge in [-0.1, -0.05) is 0 Å². The maximum absolute atomic E-state index is 12.1. The fourth-order valence-electron chi connectivity index (χ4n) is 3.31. The van der Waals surface area contributed by atoms with Crippen LogP contribution in [0.1, 0.15) is 13.8 Å². The number of hydrogen-bond acceptors (Lipinski definition) is 7. The molecule has 1 aliphatic rings. The van der Waals surface area contributed by atoms with E-state index in [-0.39, 0.29) is 12.2 Å². The van der Waals surface area contributed by atoms with Gasteiger partial charge in [-0.15, -0.1) is 0 Å². The van der Waals surface area contributed by atoms with Crippen LogP contribution in [-0.4, -0.2) is 70.0 Å². The smallest absolute Gasteiger partial charge is 0.410 e. The molecule has 0 radical (unpaired) electrons. The summed E-state index contributed by atoms with van der Waals surface area (Å²) in [7, 11) is 1.61. The van der Waals surface area contributed by atoms with Crippen LogP contribution in [0.4, 0.5) is 10.6 Å². The van der Waals surface area contributed by atoms with Crippen LogP contribution in [0.3, 0.4) is 0 Å². The summed E-state index contributed by atoms with van der Waals surface area (Å²) in [5, 5.41) is 4.40. The highest BCUT2D eigenvalue weighted by atomic mass is 16.6. The third-order valence-corrected chi connectivity index (χ3v) is 4.81. The third kappa shape index (κ3) is 3.94. The van der Waals surface area contributed by atoms with E-state index >= 15 is 0 Å². The molecule has 29 heavy (non-hydrogen) atoms. The van der Waals surface area contributed by atoms with Crippen molar-refractivity contribution < 1.29 is 14.3 Å². The lowest BCUT2D eigenvalue weighted by atomic mass is 10.1. The number of amides is 1. The Morgan fingerprint density at radius 3 is 2.66 bits per heavy atom. The molecule has 1 fully saturated rings. The molecule has 0 atom stereocenters. The molecule has 0 aliphatic carbocycles. The number of aromatic nitrogens is 4. The van der Waals surface area contributed by atoms with Crippen LogP contribution >= 0.6 is 0 Å². The zero-order valence-electron chi connectivity index (χ0n) is 16.8. The summed E-state index contributed by atoms with van der Waals surface area (Å²) in [6.45, 7) is 6.30. The molecule has 0 unspecified atom stereocenters. The summed E-state index contributed by atoms with van der Waals surface area (Å²) in [5.74, 6) is 1.54. The second kappa shape index (κ2) is 7.94. The van der Waals surface area contributed by atoms with E-state index in [1.807, 2.05) is 32.2 Å². The quantitative estimate of drug-likeness (QED) is 0.670. The van der Waals surface area contributed by atoms with Crippen LogP contribution in [0.5, 0.6) is 5.75 Å². The van der Waals surface area contributed by atoms with Crippen LogP contribution in [0.15, 0.2) is 36.9 Å². The molecular weight excluding hydrogens is 372 g/mol. The average molecular weight is 396 g/mol. The van der Waals surface area contributed by atoms with Gasteiger partial charge in [0.15, 0.2) is 5.65 Å². The highest BCUT2D eigenvalue weighted by Gasteiger charge is 2.24. The van der Waals surface area contributed by atoms with E-state index < -0.39 is 0 Å². The van der Waals surface area contributed by atoms with Gasteiger partial charge in [0.05, 0.1) is 25.6 Å². The number of anilines is 1. The highest BCUT2D eigenvalue weighted by Crippen LogP contribution is 2.27. The first-order valence-electron chi connectivity index (χ1n) is 9.59. The van der Waals surface area contributed by atoms with Crippen molar-refractivity contribution in [3.63, 3.8) is 0 Å². The van der Waals surface area contributed by atoms with Gasteiger partial charge in [0.25, 0.3) is 0 Å². The summed E-state index contributed by atoms with van der Waals surface area (Å²) in [6, 6.07) is 3.85. The first-order valence-corrected chi connectivity index (χ1v) is 9.59. The number of ether oxygens (including phenoxy) is 2. The van der Waals surface area contributed by atoms with Gasteiger partial charge in [0.2, 0.25) is 0 Å². The van der Waals surface area contributed by atoms with Gasteiger partial charge in [0.1, 0.15) is 11.6 Å². The molecule has 1 saturated heterocycles. The van der Waals surface area contributed by atoms with E-state index in [0.717, 1.165) is 22.6 Å². The largest absolute Gasteiger partial charge is 0.495 e. The molecule has 9 heteroatoms. The molecule has 3 aromatic rings. The van der Waals surface area contributed by atoms with Gasteiger partial charge in [-0.2, -0.15) is 5.10 Å². The number of carbonyl (C=O) groups excluding carboxylic acids is 1. The van der Waals surface area contributed by atoms with Crippen molar-refractivity contribution >= 4 is 17.6 Å². The lowest BCUT2D eigenvalue weighted by Gasteiger charge is -2.35. The molecule has 0 spiro atoms. The van der Waals surface area contributed by atoms with Crippen LogP contribution in [0, 0.1) is 0 Å². The number of hydrogen-bond donors (Lipinski definition) is 0. The van der Waals surface area contributed by atoms with E-state index in [1.165, 1.54) is 0 Å². The van der Waals surface area contributed by atoms with Crippen LogP contribution in [0.2, 0.25) is 0 Å². The Bertz CT molecular complexity index is 1010. The van der Waals surface area contributed by atoms with Crippen LogP contribution < -0.4 is 9.64 Å². The Morgan fingerprint density at radius 2 is 1.93 bits per heavy atom. The Morgan fingerprint density at radius 1 is 1.14 bits per heavy atom. The second-order valence-corrected chi connectivity index (χ2v) is 7.13. The van der Waals surface area contributed by atoms with Crippen LogP contribution in [0.25, 0.3) is 16.8 Å². The minimum absolute atomic E-state index is 0.115. The van der Waals surface area contributed by atoms with E-state index in [9.17, 15) is 4.79 Å². The number of rotatable bonds is 4. The Labute approximate surface area is 168 Å². The number of nitrogens with zero attached hydrogens (tertiary/aromatic N) is 6. The van der Waals surface area contributed by atoms with Gasteiger partial charge in [-0.3, -0.25) is 4.98 Å². The van der Waals surface area contributed by atoms with Crippen molar-refractivity contribution in [3.05, 3.63) is 36.9 Å². The number of methoxy groups -OCH3 is 1. The maximum atomic E-state index is 12.1. The zero-order valence-corrected chi connectivity index (χ0v) is 16.8. The standard InChI is InChI=1S/C20H24N6O3/c1-14(2)29-20(27)25-8-6-24(7-9-25)18-4-5-26-19(23-18)17(13-22-26)15-10-16(28-3)12-21-11-15/h4-5,10-14H,6-9H2,1-3H3. The summed E-state index contributed by atoms with van der Waals surface area (Å²) < 4.78 is 12.3. The van der Waals surface area contributed by atoms with E-state index in [4.69, 9.17) is 14.5 Å². The summed E-state index contributed by atoms with van der Waals surface area (Å²) in [5.41, 5.74) is 2.53. The van der Waals surface area contributed by atoms with Gasteiger partial charge in [0, 0.05) is 49.7 Å². The zero-order chi connectivity index (χ0) is 20.4. The Kier molecular flexibility index (Phi) is 5.20. The minimum Gasteiger partial charge on any atom is -0.495 e. The molecule has 9 nitrogen and oxygen atoms in total. The van der Waals surface area contributed by atoms with Crippen molar-refractivity contribution in [1.82, 2.24) is 24.5 Å². The van der Waals surface area contributed by atoms with E-state index in [1.54, 1.807) is 35.1 Å². The first-order chi connectivity index (χ1) is 14.0. The molecule has 0 N–H and O–H groups in total. The van der Waals surface area contributed by atoms with Gasteiger partial charge in [-0.25, -0.2) is 14.3 Å². The predicted octanol–water partition coefficient (Wildman–Crippen LogP) is 2.47. The minimum atomic E-state index is -0.258. The number of pyridine rings is 1. The molecular formula is C20H24N6O3. The molecule has 4 heterocycles. The number of carbonyl (C=O) groups is 1. The summed E-state index contributed by atoms with van der Waals surface area (Å²) in [6.07, 6.45) is 6.74. The van der Waals surface area contributed by atoms with Gasteiger partial charge >= 0.3 is 6.09 Å². The molecule has 4 rings (SSSR count). The molecule has 1 aliphatic heterocycles. The molecule has 3 aromatic heterocycles. The molecule has 152 valence electrons. The van der Waals surface area contributed by atoms with Crippen molar-refractivity contribution in [2.75, 3.05) is 38.2 Å². The fourth-order valence-corrected chi connectivity index (χ4v) is 3.31. The van der Waals surface area contributed by atoms with Crippen molar-refractivity contribution in [3.8, 4) is 16.9 Å². The lowest BCUT2D eigenvalue weighted by Crippen LogP contribution is -2.49. The average Bonchev–Trinajstić information content (AvgIpc) is 3.16. The van der Waals surface area contributed by atoms with E-state index in [2.05, 4.69) is 15.0 Å². The van der Waals surface area contributed by atoms with E-state index in [0.29, 0.717) is 31.9 Å². The first kappa shape index (κ1) is 19.0. The van der Waals surface area contributed by atoms with Gasteiger partial charge < -0.3 is 19.3 Å². The van der Waals surface area contributed by atoms with Crippen molar-refractivity contribution in [2.45, 2.75) is 20.0 Å². The Hall–Kier alpha value is -3.36. The summed E-state index contributed by atoms with van der Waals surface area (Å²) in [4.78, 5) is 25.0. The summed E-state index contributed by atoms with van der Waals surface area (Å²) >= 11 is 0. The number of fused-ring (bicyclic) bond motifs is 1. The Balaban J connectivity index is 1.54. The lowest BCUT2D eigenvalue weighted by molar-refractivity contribution is 0.0751. The second-order valence-electron chi connectivity index (χ2n) is 7.13. The molecule has 0 bridgehead atoms. The molecule has 1 amide bonds. The SMILES string of the molecule is COc1cncc(-c2cnn3ccc(N4CCN(C(=O)OC(C)C)CC4)nc23)c1. The predicted molar refractivity (Wildman–Crippen MR) is 108 cm³/mol. The monoisotopic (exact) mass is 396 g/mol. The topological polar surface area (TPSA) is 85.1 Å². The maximum Gasteiger partial charge on any atom is 0.410 e. The highest BCUT2D eigenvalue weighted by molar-refractivity contribution is 5.78. The van der Waals surface area contributed by atoms with Crippen molar-refractivity contribution in [2.24, 2.45) is 0 Å². The fraction of sp³-hybridized carbons (Fsp3) is 0.400.